The maximum atomic E-state index is 13.6. The topological polar surface area (TPSA) is 40.5 Å². The van der Waals surface area contributed by atoms with Crippen LogP contribution in [0.25, 0.3) is 0 Å². The van der Waals surface area contributed by atoms with E-state index >= 15 is 0 Å². The van der Waals surface area contributed by atoms with Gasteiger partial charge in [-0.25, -0.2) is 8.78 Å². The first kappa shape index (κ1) is 14.2. The molecule has 1 heterocycles. The fourth-order valence-electron chi connectivity index (χ4n) is 2.06. The number of carbonyl (C=O) groups is 1. The smallest absolute Gasteiger partial charge is 0.257 e. The Hall–Kier alpha value is -1.24. The van der Waals surface area contributed by atoms with E-state index in [9.17, 15) is 18.0 Å². The van der Waals surface area contributed by atoms with E-state index in [-0.39, 0.29) is 5.92 Å². The number of carbonyl (C=O) groups excluding carboxylic acids is 1. The van der Waals surface area contributed by atoms with E-state index in [4.69, 9.17) is 5.11 Å². The number of phenolic OH excluding ortho intramolecular Hbond substituents is 1. The van der Waals surface area contributed by atoms with Crippen LogP contribution < -0.4 is 0 Å². The fraction of sp³-hybridized carbons (Fsp3) is 0.417. The molecule has 0 saturated carbocycles. The number of hydrogen-bond acceptors (Lipinski definition) is 2. The minimum Gasteiger partial charge on any atom is -0.503 e. The second-order valence-electron chi connectivity index (χ2n) is 4.44. The van der Waals surface area contributed by atoms with Crippen molar-refractivity contribution >= 4 is 21.8 Å². The van der Waals surface area contributed by atoms with Gasteiger partial charge in [-0.2, -0.15) is 4.39 Å². The van der Waals surface area contributed by atoms with E-state index in [1.807, 2.05) is 0 Å². The highest BCUT2D eigenvalue weighted by molar-refractivity contribution is 9.09. The fourth-order valence-corrected chi connectivity index (χ4v) is 2.59. The average molecular weight is 338 g/mol. The number of amides is 1. The second-order valence-corrected chi connectivity index (χ2v) is 5.09. The van der Waals surface area contributed by atoms with E-state index in [0.717, 1.165) is 6.42 Å². The minimum absolute atomic E-state index is 0.255. The highest BCUT2D eigenvalue weighted by atomic mass is 79.9. The maximum absolute atomic E-state index is 13.6. The SMILES string of the molecule is O=C(c1cc(F)c(F)c(O)c1F)N1CCC(CBr)C1. The first-order valence-corrected chi connectivity index (χ1v) is 6.79. The second kappa shape index (κ2) is 5.40. The zero-order chi connectivity index (χ0) is 14.2. The molecule has 1 amide bonds. The van der Waals surface area contributed by atoms with Gasteiger partial charge >= 0.3 is 0 Å². The van der Waals surface area contributed by atoms with Crippen LogP contribution in [0, 0.1) is 23.4 Å². The summed E-state index contributed by atoms with van der Waals surface area (Å²) in [6.07, 6.45) is 0.758. The third-order valence-corrected chi connectivity index (χ3v) is 4.07. The largest absolute Gasteiger partial charge is 0.503 e. The van der Waals surface area contributed by atoms with E-state index < -0.39 is 34.7 Å². The molecule has 1 N–H and O–H groups in total. The third kappa shape index (κ3) is 2.56. The normalized spacial score (nSPS) is 18.9. The van der Waals surface area contributed by atoms with Crippen LogP contribution in [0.5, 0.6) is 5.75 Å². The highest BCUT2D eigenvalue weighted by Crippen LogP contribution is 2.28. The Balaban J connectivity index is 2.30. The Morgan fingerprint density at radius 1 is 1.42 bits per heavy atom. The summed E-state index contributed by atoms with van der Waals surface area (Å²) in [4.78, 5) is 13.4. The van der Waals surface area contributed by atoms with Crippen molar-refractivity contribution in [3.8, 4) is 5.75 Å². The summed E-state index contributed by atoms with van der Waals surface area (Å²) < 4.78 is 39.7. The Bertz CT molecular complexity index is 524. The van der Waals surface area contributed by atoms with Gasteiger partial charge in [-0.1, -0.05) is 15.9 Å². The van der Waals surface area contributed by atoms with Gasteiger partial charge < -0.3 is 10.0 Å². The van der Waals surface area contributed by atoms with Crippen molar-refractivity contribution < 1.29 is 23.1 Å². The quantitative estimate of drug-likeness (QED) is 0.665. The Morgan fingerprint density at radius 2 is 2.11 bits per heavy atom. The van der Waals surface area contributed by atoms with Crippen molar-refractivity contribution in [2.75, 3.05) is 18.4 Å². The molecule has 19 heavy (non-hydrogen) atoms. The monoisotopic (exact) mass is 337 g/mol. The van der Waals surface area contributed by atoms with Crippen LogP contribution in [-0.2, 0) is 0 Å². The number of halogens is 4. The Labute approximate surface area is 116 Å². The lowest BCUT2D eigenvalue weighted by atomic mass is 10.1. The van der Waals surface area contributed by atoms with Gasteiger partial charge in [-0.3, -0.25) is 4.79 Å². The summed E-state index contributed by atoms with van der Waals surface area (Å²) in [6, 6.07) is 0.480. The molecule has 0 aromatic heterocycles. The third-order valence-electron chi connectivity index (χ3n) is 3.15. The molecule has 1 aromatic rings. The lowest BCUT2D eigenvalue weighted by molar-refractivity contribution is 0.0782. The summed E-state index contributed by atoms with van der Waals surface area (Å²) in [5, 5.41) is 9.80. The first-order chi connectivity index (χ1) is 8.95. The van der Waals surface area contributed by atoms with E-state index in [2.05, 4.69) is 15.9 Å². The number of nitrogens with zero attached hydrogens (tertiary/aromatic N) is 1. The van der Waals surface area contributed by atoms with Crippen molar-refractivity contribution in [3.05, 3.63) is 29.1 Å². The number of hydrogen-bond donors (Lipinski definition) is 1. The summed E-state index contributed by atoms with van der Waals surface area (Å²) in [5.74, 6) is -6.50. The van der Waals surface area contributed by atoms with Gasteiger partial charge in [0.15, 0.2) is 17.4 Å². The molecular weight excluding hydrogens is 327 g/mol. The van der Waals surface area contributed by atoms with Crippen molar-refractivity contribution in [3.63, 3.8) is 0 Å². The lowest BCUT2D eigenvalue weighted by Gasteiger charge is -2.17. The molecule has 1 fully saturated rings. The van der Waals surface area contributed by atoms with Crippen LogP contribution in [0.2, 0.25) is 0 Å². The number of likely N-dealkylation sites (tertiary alicyclic amines) is 1. The molecule has 1 saturated heterocycles. The first-order valence-electron chi connectivity index (χ1n) is 5.67. The van der Waals surface area contributed by atoms with Crippen LogP contribution in [0.3, 0.4) is 0 Å². The summed E-state index contributed by atoms with van der Waals surface area (Å²) in [6.45, 7) is 0.845. The summed E-state index contributed by atoms with van der Waals surface area (Å²) in [5.41, 5.74) is -0.647. The number of aromatic hydroxyl groups is 1. The van der Waals surface area contributed by atoms with Gasteiger partial charge in [0.25, 0.3) is 5.91 Å². The zero-order valence-corrected chi connectivity index (χ0v) is 11.4. The molecule has 3 nitrogen and oxygen atoms in total. The number of alkyl halides is 1. The number of benzene rings is 1. The Morgan fingerprint density at radius 3 is 2.68 bits per heavy atom. The van der Waals surface area contributed by atoms with Crippen molar-refractivity contribution in [1.82, 2.24) is 4.90 Å². The van der Waals surface area contributed by atoms with E-state index in [1.165, 1.54) is 4.90 Å². The molecule has 1 aromatic carbocycles. The van der Waals surface area contributed by atoms with Crippen molar-refractivity contribution in [2.24, 2.45) is 5.92 Å². The molecule has 1 atom stereocenters. The van der Waals surface area contributed by atoms with Gasteiger partial charge in [0.2, 0.25) is 5.82 Å². The van der Waals surface area contributed by atoms with Crippen LogP contribution in [0.4, 0.5) is 13.2 Å². The number of rotatable bonds is 2. The van der Waals surface area contributed by atoms with Crippen LogP contribution in [0.15, 0.2) is 6.07 Å². The van der Waals surface area contributed by atoms with Crippen molar-refractivity contribution in [1.29, 1.82) is 0 Å². The molecule has 0 aliphatic carbocycles. The molecule has 0 spiro atoms. The van der Waals surface area contributed by atoms with Gasteiger partial charge in [-0.15, -0.1) is 0 Å². The molecule has 2 rings (SSSR count). The summed E-state index contributed by atoms with van der Waals surface area (Å²) in [7, 11) is 0. The molecule has 1 aliphatic heterocycles. The predicted octanol–water partition coefficient (Wildman–Crippen LogP) is 2.67. The van der Waals surface area contributed by atoms with E-state index in [0.29, 0.717) is 24.5 Å². The highest BCUT2D eigenvalue weighted by Gasteiger charge is 2.30. The molecule has 7 heteroatoms. The zero-order valence-electron chi connectivity index (χ0n) is 9.80. The average Bonchev–Trinajstić information content (AvgIpc) is 2.88. The molecule has 1 aliphatic rings. The lowest BCUT2D eigenvalue weighted by Crippen LogP contribution is -2.29. The molecule has 0 radical (unpaired) electrons. The van der Waals surface area contributed by atoms with Crippen LogP contribution in [0.1, 0.15) is 16.8 Å². The maximum Gasteiger partial charge on any atom is 0.257 e. The van der Waals surface area contributed by atoms with Gasteiger partial charge in [0.1, 0.15) is 0 Å². The molecule has 104 valence electrons. The van der Waals surface area contributed by atoms with Gasteiger partial charge in [-0.05, 0) is 18.4 Å². The van der Waals surface area contributed by atoms with Crippen LogP contribution in [-0.4, -0.2) is 34.3 Å². The van der Waals surface area contributed by atoms with Gasteiger partial charge in [0.05, 0.1) is 5.56 Å². The molecular formula is C12H11BrF3NO2. The van der Waals surface area contributed by atoms with E-state index in [1.54, 1.807) is 0 Å². The minimum atomic E-state index is -1.69. The standard InChI is InChI=1S/C12H11BrF3NO2/c13-4-6-1-2-17(5-6)12(19)7-3-8(14)10(16)11(18)9(7)15/h3,6,18H,1-2,4-5H2. The predicted molar refractivity (Wildman–Crippen MR) is 65.8 cm³/mol. The van der Waals surface area contributed by atoms with Crippen molar-refractivity contribution in [2.45, 2.75) is 6.42 Å². The molecule has 0 bridgehead atoms. The summed E-state index contributed by atoms with van der Waals surface area (Å²) >= 11 is 3.29. The Kier molecular flexibility index (Phi) is 4.03. The van der Waals surface area contributed by atoms with Crippen LogP contribution >= 0.6 is 15.9 Å². The van der Waals surface area contributed by atoms with Gasteiger partial charge in [0, 0.05) is 18.4 Å². The number of phenols is 1. The molecule has 1 unspecified atom stereocenters.